The second kappa shape index (κ2) is 11.6. The van der Waals surface area contributed by atoms with Crippen LogP contribution >= 0.6 is 0 Å². The lowest BCUT2D eigenvalue weighted by molar-refractivity contribution is 0.108. The minimum atomic E-state index is -0.587. The fraction of sp³-hybridized carbons (Fsp3) is 0.393. The second-order valence-electron chi connectivity index (χ2n) is 9.45. The molecule has 0 saturated heterocycles. The number of rotatable bonds is 11. The van der Waals surface area contributed by atoms with Crippen LogP contribution in [0.1, 0.15) is 36.7 Å². The van der Waals surface area contributed by atoms with Gasteiger partial charge in [-0.05, 0) is 64.6 Å². The average Bonchev–Trinajstić information content (AvgIpc) is 3.31. The number of aliphatic hydroxyl groups excluding tert-OH is 1. The molecule has 0 saturated carbocycles. The number of ether oxygens (including phenoxy) is 2. The van der Waals surface area contributed by atoms with Crippen molar-refractivity contribution >= 4 is 16.7 Å². The minimum Gasteiger partial charge on any atom is -0.491 e. The maximum absolute atomic E-state index is 10.0. The number of nitrogens with one attached hydrogen (secondary N) is 2. The molecule has 4 aromatic rings. The van der Waals surface area contributed by atoms with E-state index in [-0.39, 0.29) is 12.6 Å². The van der Waals surface area contributed by atoms with Gasteiger partial charge in [0.05, 0.1) is 24.4 Å². The molecule has 3 N–H and O–H groups in total. The Bertz CT molecular complexity index is 1370. The molecule has 0 bridgehead atoms. The summed E-state index contributed by atoms with van der Waals surface area (Å²) in [4.78, 5) is 9.52. The Labute approximate surface area is 217 Å². The van der Waals surface area contributed by atoms with Gasteiger partial charge in [-0.1, -0.05) is 12.1 Å². The molecule has 0 radical (unpaired) electrons. The lowest BCUT2D eigenvalue weighted by atomic mass is 10.1. The van der Waals surface area contributed by atoms with Gasteiger partial charge in [0, 0.05) is 41.6 Å². The van der Waals surface area contributed by atoms with Crippen LogP contribution in [0, 0.1) is 13.8 Å². The highest BCUT2D eigenvalue weighted by Crippen LogP contribution is 2.32. The zero-order chi connectivity index (χ0) is 26.5. The zero-order valence-electron chi connectivity index (χ0n) is 22.4. The third kappa shape index (κ3) is 6.00. The highest BCUT2D eigenvalue weighted by molar-refractivity contribution is 5.92. The fourth-order valence-electron chi connectivity index (χ4n) is 4.32. The summed E-state index contributed by atoms with van der Waals surface area (Å²) in [7, 11) is 3.44. The number of aromatic nitrogens is 4. The van der Waals surface area contributed by atoms with E-state index >= 15 is 0 Å². The zero-order valence-corrected chi connectivity index (χ0v) is 22.4. The van der Waals surface area contributed by atoms with Crippen molar-refractivity contribution in [1.29, 1.82) is 0 Å². The van der Waals surface area contributed by atoms with E-state index < -0.39 is 6.10 Å². The topological polar surface area (TPSA) is 106 Å². The van der Waals surface area contributed by atoms with E-state index in [0.717, 1.165) is 44.8 Å². The van der Waals surface area contributed by atoms with Gasteiger partial charge < -0.3 is 25.2 Å². The molecule has 0 fully saturated rings. The van der Waals surface area contributed by atoms with Crippen LogP contribution in [0.25, 0.3) is 22.3 Å². The first kappa shape index (κ1) is 26.4. The van der Waals surface area contributed by atoms with E-state index in [2.05, 4.69) is 47.6 Å². The summed E-state index contributed by atoms with van der Waals surface area (Å²) in [5.41, 5.74) is 6.47. The van der Waals surface area contributed by atoms with Gasteiger partial charge in [0.15, 0.2) is 5.65 Å². The van der Waals surface area contributed by atoms with Gasteiger partial charge in [-0.2, -0.15) is 5.10 Å². The monoisotopic (exact) mass is 504 g/mol. The number of aryl methyl sites for hydroxylation is 2. The fourth-order valence-corrected chi connectivity index (χ4v) is 4.32. The molecule has 9 nitrogen and oxygen atoms in total. The minimum absolute atomic E-state index is 0.153. The van der Waals surface area contributed by atoms with Crippen molar-refractivity contribution in [2.45, 2.75) is 46.4 Å². The van der Waals surface area contributed by atoms with Crippen molar-refractivity contribution in [3.63, 3.8) is 0 Å². The molecule has 4 rings (SSSR count). The highest BCUT2D eigenvalue weighted by Gasteiger charge is 2.16. The molecule has 0 aliphatic rings. The Kier molecular flexibility index (Phi) is 8.25. The molecule has 0 aliphatic heterocycles. The first-order chi connectivity index (χ1) is 17.8. The highest BCUT2D eigenvalue weighted by atomic mass is 16.5. The molecule has 9 heteroatoms. The second-order valence-corrected chi connectivity index (χ2v) is 9.45. The molecule has 0 amide bonds. The molecule has 3 heterocycles. The third-order valence-corrected chi connectivity index (χ3v) is 6.15. The van der Waals surface area contributed by atoms with Crippen molar-refractivity contribution in [3.05, 3.63) is 59.4 Å². The van der Waals surface area contributed by atoms with Gasteiger partial charge in [0.25, 0.3) is 0 Å². The van der Waals surface area contributed by atoms with E-state index in [9.17, 15) is 5.11 Å². The Balaban J connectivity index is 1.70. The Morgan fingerprint density at radius 2 is 1.92 bits per heavy atom. The summed E-state index contributed by atoms with van der Waals surface area (Å²) in [5, 5.41) is 22.1. The molecule has 196 valence electrons. The van der Waals surface area contributed by atoms with Crippen molar-refractivity contribution in [1.82, 2.24) is 25.1 Å². The maximum atomic E-state index is 10.0. The molecule has 0 spiro atoms. The van der Waals surface area contributed by atoms with Gasteiger partial charge in [0.1, 0.15) is 18.5 Å². The number of anilines is 1. The van der Waals surface area contributed by atoms with Crippen LogP contribution in [0.15, 0.2) is 42.6 Å². The van der Waals surface area contributed by atoms with E-state index in [1.807, 2.05) is 48.1 Å². The van der Waals surface area contributed by atoms with E-state index in [4.69, 9.17) is 14.5 Å². The Morgan fingerprint density at radius 1 is 1.11 bits per heavy atom. The van der Waals surface area contributed by atoms with E-state index in [1.165, 1.54) is 0 Å². The SMILES string of the molecule is CNCC(O)COc1cccc(-c2cc(NCc3c(C)cc(C)nc3OC)c3cnn(C(C)C)c3n2)c1. The number of fused-ring (bicyclic) bond motifs is 1. The number of methoxy groups -OCH3 is 1. The number of pyridine rings is 2. The van der Waals surface area contributed by atoms with Crippen LogP contribution in [0.4, 0.5) is 5.69 Å². The van der Waals surface area contributed by atoms with Crippen molar-refractivity contribution < 1.29 is 14.6 Å². The van der Waals surface area contributed by atoms with Gasteiger partial charge in [-0.3, -0.25) is 0 Å². The predicted molar refractivity (Wildman–Crippen MR) is 146 cm³/mol. The lowest BCUT2D eigenvalue weighted by Crippen LogP contribution is -2.29. The molecule has 1 atom stereocenters. The number of benzene rings is 1. The van der Waals surface area contributed by atoms with E-state index in [1.54, 1.807) is 14.2 Å². The molecular weight excluding hydrogens is 468 g/mol. The molecule has 0 aliphatic carbocycles. The average molecular weight is 505 g/mol. The van der Waals surface area contributed by atoms with Crippen LogP contribution in [0.2, 0.25) is 0 Å². The summed E-state index contributed by atoms with van der Waals surface area (Å²) < 4.78 is 13.3. The van der Waals surface area contributed by atoms with Gasteiger partial charge in [0.2, 0.25) is 5.88 Å². The summed E-state index contributed by atoms with van der Waals surface area (Å²) in [6.45, 7) is 9.42. The summed E-state index contributed by atoms with van der Waals surface area (Å²) in [5.74, 6) is 1.30. The van der Waals surface area contributed by atoms with Crippen LogP contribution in [-0.4, -0.2) is 58.3 Å². The number of hydrogen-bond donors (Lipinski definition) is 3. The van der Waals surface area contributed by atoms with Gasteiger partial charge in [-0.25, -0.2) is 14.6 Å². The van der Waals surface area contributed by atoms with Crippen molar-refractivity contribution in [3.8, 4) is 22.9 Å². The van der Waals surface area contributed by atoms with Crippen molar-refractivity contribution in [2.75, 3.05) is 32.6 Å². The van der Waals surface area contributed by atoms with Crippen LogP contribution in [-0.2, 0) is 6.54 Å². The maximum Gasteiger partial charge on any atom is 0.218 e. The molecule has 37 heavy (non-hydrogen) atoms. The molecule has 3 aromatic heterocycles. The van der Waals surface area contributed by atoms with Gasteiger partial charge >= 0.3 is 0 Å². The molecule has 1 aromatic carbocycles. The molecule has 1 unspecified atom stereocenters. The van der Waals surface area contributed by atoms with Gasteiger partial charge in [-0.15, -0.1) is 0 Å². The smallest absolute Gasteiger partial charge is 0.218 e. The standard InChI is InChI=1S/C28H36N6O3/c1-17(2)34-27-24(15-31-34)26(30-14-23-18(3)10-19(4)32-28(23)36-6)12-25(33-27)20-8-7-9-22(11-20)37-16-21(35)13-29-5/h7-12,15,17,21,29,35H,13-14,16H2,1-6H3,(H,30,33). The van der Waals surface area contributed by atoms with Crippen LogP contribution in [0.5, 0.6) is 11.6 Å². The summed E-state index contributed by atoms with van der Waals surface area (Å²) >= 11 is 0. The lowest BCUT2D eigenvalue weighted by Gasteiger charge is -2.16. The number of likely N-dealkylation sites (N-methyl/N-ethyl adjacent to an activating group) is 1. The Hall–Kier alpha value is -3.69. The van der Waals surface area contributed by atoms with E-state index in [0.29, 0.717) is 24.7 Å². The van der Waals surface area contributed by atoms with Crippen molar-refractivity contribution in [2.24, 2.45) is 0 Å². The largest absolute Gasteiger partial charge is 0.491 e. The predicted octanol–water partition coefficient (Wildman–Crippen LogP) is 4.27. The third-order valence-electron chi connectivity index (χ3n) is 6.15. The number of nitrogens with zero attached hydrogens (tertiary/aromatic N) is 4. The summed E-state index contributed by atoms with van der Waals surface area (Å²) in [6, 6.07) is 12.0. The number of aliphatic hydroxyl groups is 1. The number of hydrogen-bond acceptors (Lipinski definition) is 8. The summed E-state index contributed by atoms with van der Waals surface area (Å²) in [6.07, 6.45) is 1.27. The van der Waals surface area contributed by atoms with Crippen LogP contribution < -0.4 is 20.1 Å². The normalized spacial score (nSPS) is 12.2. The van der Waals surface area contributed by atoms with Crippen LogP contribution in [0.3, 0.4) is 0 Å². The molecular formula is C28H36N6O3. The first-order valence-corrected chi connectivity index (χ1v) is 12.5. The first-order valence-electron chi connectivity index (χ1n) is 12.5. The quantitative estimate of drug-likeness (QED) is 0.278. The Morgan fingerprint density at radius 3 is 2.65 bits per heavy atom.